The normalized spacial score (nSPS) is 12.6. The number of alkyl halides is 3. The van der Waals surface area contributed by atoms with Crippen LogP contribution in [0.5, 0.6) is 0 Å². The Morgan fingerprint density at radius 1 is 0.903 bits per heavy atom. The number of hydrogen-bond donors (Lipinski definition) is 0. The summed E-state index contributed by atoms with van der Waals surface area (Å²) in [6.45, 7) is 4.94. The molecule has 0 spiro atoms. The SMILES string of the molecule is CC(C)(C)OC(=O)c1ccc(C(=O)C=C(c2cc(Cl)c(F)c(Cl)c2)C(F)(F)F)cc1Cl. The van der Waals surface area contributed by atoms with Crippen LogP contribution in [-0.4, -0.2) is 23.5 Å². The van der Waals surface area contributed by atoms with E-state index in [2.05, 4.69) is 0 Å². The third-order valence-corrected chi connectivity index (χ3v) is 4.61. The predicted octanol–water partition coefficient (Wildman–Crippen LogP) is 7.57. The summed E-state index contributed by atoms with van der Waals surface area (Å²) in [7, 11) is 0. The summed E-state index contributed by atoms with van der Waals surface area (Å²) in [5.74, 6) is -2.88. The van der Waals surface area contributed by atoms with Crippen molar-refractivity contribution >= 4 is 52.1 Å². The lowest BCUT2D eigenvalue weighted by atomic mass is 10.0. The fourth-order valence-corrected chi connectivity index (χ4v) is 3.17. The molecule has 0 amide bonds. The molecule has 2 aromatic carbocycles. The van der Waals surface area contributed by atoms with Crippen molar-refractivity contribution in [3.8, 4) is 0 Å². The van der Waals surface area contributed by atoms with Crippen molar-refractivity contribution in [2.75, 3.05) is 0 Å². The van der Waals surface area contributed by atoms with Gasteiger partial charge in [0.05, 0.1) is 26.2 Å². The second kappa shape index (κ2) is 9.18. The number of hydrogen-bond acceptors (Lipinski definition) is 3. The van der Waals surface area contributed by atoms with E-state index in [0.717, 1.165) is 12.1 Å². The molecule has 31 heavy (non-hydrogen) atoms. The molecule has 0 saturated carbocycles. The lowest BCUT2D eigenvalue weighted by molar-refractivity contribution is -0.0690. The zero-order valence-corrected chi connectivity index (χ0v) is 18.6. The summed E-state index contributed by atoms with van der Waals surface area (Å²) in [6.07, 6.45) is -4.65. The molecule has 2 rings (SSSR count). The molecule has 0 aliphatic carbocycles. The van der Waals surface area contributed by atoms with E-state index in [1.54, 1.807) is 20.8 Å². The van der Waals surface area contributed by atoms with Crippen molar-refractivity contribution in [1.82, 2.24) is 0 Å². The van der Waals surface area contributed by atoms with Crippen molar-refractivity contribution in [2.24, 2.45) is 0 Å². The minimum atomic E-state index is -4.97. The first-order chi connectivity index (χ1) is 14.1. The first-order valence-electron chi connectivity index (χ1n) is 8.61. The molecular formula is C21H15Cl3F4O3. The van der Waals surface area contributed by atoms with Crippen LogP contribution in [0, 0.1) is 5.82 Å². The highest BCUT2D eigenvalue weighted by Gasteiger charge is 2.36. The Balaban J connectivity index is 2.46. The molecule has 0 aliphatic heterocycles. The van der Waals surface area contributed by atoms with Crippen molar-refractivity contribution in [2.45, 2.75) is 32.5 Å². The fraction of sp³-hybridized carbons (Fsp3) is 0.238. The van der Waals surface area contributed by atoms with E-state index < -0.39 is 50.5 Å². The van der Waals surface area contributed by atoms with Crippen LogP contribution in [0.3, 0.4) is 0 Å². The maximum absolute atomic E-state index is 13.6. The highest BCUT2D eigenvalue weighted by Crippen LogP contribution is 2.37. The predicted molar refractivity (Wildman–Crippen MR) is 111 cm³/mol. The molecular weight excluding hydrogens is 483 g/mol. The summed E-state index contributed by atoms with van der Waals surface area (Å²) in [4.78, 5) is 24.6. The Kier molecular flexibility index (Phi) is 7.46. The van der Waals surface area contributed by atoms with Gasteiger partial charge in [-0.05, 0) is 56.7 Å². The smallest absolute Gasteiger partial charge is 0.417 e. The number of carbonyl (C=O) groups excluding carboxylic acids is 2. The van der Waals surface area contributed by atoms with Crippen molar-refractivity contribution in [3.63, 3.8) is 0 Å². The Morgan fingerprint density at radius 3 is 1.87 bits per heavy atom. The van der Waals surface area contributed by atoms with Crippen LogP contribution >= 0.6 is 34.8 Å². The van der Waals surface area contributed by atoms with Gasteiger partial charge in [0.1, 0.15) is 5.60 Å². The summed E-state index contributed by atoms with van der Waals surface area (Å²) < 4.78 is 59.4. The first-order valence-corrected chi connectivity index (χ1v) is 9.74. The van der Waals surface area contributed by atoms with Gasteiger partial charge in [0.25, 0.3) is 0 Å². The van der Waals surface area contributed by atoms with E-state index in [-0.39, 0.29) is 16.1 Å². The van der Waals surface area contributed by atoms with Crippen LogP contribution in [0.25, 0.3) is 5.57 Å². The quantitative estimate of drug-likeness (QED) is 0.144. The second-order valence-electron chi connectivity index (χ2n) is 7.37. The average molecular weight is 498 g/mol. The van der Waals surface area contributed by atoms with Gasteiger partial charge in [-0.1, -0.05) is 40.9 Å². The lowest BCUT2D eigenvalue weighted by Crippen LogP contribution is -2.24. The Labute approximate surface area is 190 Å². The van der Waals surface area contributed by atoms with Gasteiger partial charge >= 0.3 is 12.1 Å². The Morgan fingerprint density at radius 2 is 1.42 bits per heavy atom. The molecule has 0 aromatic heterocycles. The van der Waals surface area contributed by atoms with E-state index in [0.29, 0.717) is 18.2 Å². The van der Waals surface area contributed by atoms with Crippen molar-refractivity contribution in [3.05, 3.63) is 74.0 Å². The van der Waals surface area contributed by atoms with Gasteiger partial charge in [0, 0.05) is 5.56 Å². The molecule has 10 heteroatoms. The zero-order chi connectivity index (χ0) is 23.7. The molecule has 0 heterocycles. The van der Waals surface area contributed by atoms with E-state index >= 15 is 0 Å². The first kappa shape index (κ1) is 25.2. The maximum Gasteiger partial charge on any atom is 0.417 e. The highest BCUT2D eigenvalue weighted by atomic mass is 35.5. The molecule has 0 N–H and O–H groups in total. The highest BCUT2D eigenvalue weighted by molar-refractivity contribution is 6.35. The Hall–Kier alpha value is -2.09. The fourth-order valence-electron chi connectivity index (χ4n) is 2.42. The van der Waals surface area contributed by atoms with Crippen molar-refractivity contribution < 1.29 is 31.9 Å². The van der Waals surface area contributed by atoms with Gasteiger partial charge < -0.3 is 4.74 Å². The number of esters is 1. The molecule has 0 bridgehead atoms. The molecule has 166 valence electrons. The lowest BCUT2D eigenvalue weighted by Gasteiger charge is -2.20. The van der Waals surface area contributed by atoms with Gasteiger partial charge in [-0.15, -0.1) is 0 Å². The summed E-state index contributed by atoms with van der Waals surface area (Å²) >= 11 is 17.2. The number of allylic oxidation sites excluding steroid dienone is 2. The molecule has 0 atom stereocenters. The van der Waals surface area contributed by atoms with Gasteiger partial charge in [-0.3, -0.25) is 4.79 Å². The minimum absolute atomic E-state index is 0.0507. The monoisotopic (exact) mass is 496 g/mol. The van der Waals surface area contributed by atoms with Crippen LogP contribution < -0.4 is 0 Å². The number of benzene rings is 2. The van der Waals surface area contributed by atoms with Crippen LogP contribution in [0.1, 0.15) is 47.1 Å². The molecule has 0 radical (unpaired) electrons. The zero-order valence-electron chi connectivity index (χ0n) is 16.3. The van der Waals surface area contributed by atoms with Gasteiger partial charge in [-0.25, -0.2) is 9.18 Å². The average Bonchev–Trinajstić information content (AvgIpc) is 2.60. The van der Waals surface area contributed by atoms with Gasteiger partial charge in [0.2, 0.25) is 0 Å². The third-order valence-electron chi connectivity index (χ3n) is 3.75. The van der Waals surface area contributed by atoms with E-state index in [4.69, 9.17) is 39.5 Å². The van der Waals surface area contributed by atoms with Gasteiger partial charge in [-0.2, -0.15) is 13.2 Å². The van der Waals surface area contributed by atoms with Gasteiger partial charge in [0.15, 0.2) is 11.6 Å². The summed E-state index contributed by atoms with van der Waals surface area (Å²) in [6, 6.07) is 4.80. The second-order valence-corrected chi connectivity index (χ2v) is 8.59. The van der Waals surface area contributed by atoms with E-state index in [1.165, 1.54) is 6.07 Å². The number of ether oxygens (including phenoxy) is 1. The summed E-state index contributed by atoms with van der Waals surface area (Å²) in [5.41, 5.74) is -3.03. The minimum Gasteiger partial charge on any atom is -0.456 e. The molecule has 3 nitrogen and oxygen atoms in total. The van der Waals surface area contributed by atoms with Crippen LogP contribution in [-0.2, 0) is 4.74 Å². The molecule has 2 aromatic rings. The molecule has 0 unspecified atom stereocenters. The van der Waals surface area contributed by atoms with E-state index in [1.807, 2.05) is 0 Å². The number of ketones is 1. The van der Waals surface area contributed by atoms with Crippen molar-refractivity contribution in [1.29, 1.82) is 0 Å². The Bertz CT molecular complexity index is 1050. The number of rotatable bonds is 4. The number of carbonyl (C=O) groups is 2. The van der Waals surface area contributed by atoms with E-state index in [9.17, 15) is 27.2 Å². The van der Waals surface area contributed by atoms with Crippen LogP contribution in [0.15, 0.2) is 36.4 Å². The number of halogens is 7. The standard InChI is InChI=1S/C21H15Cl3F4O3/c1-20(2,3)31-19(30)12-5-4-10(6-14(12)22)17(29)9-13(21(26,27)28)11-7-15(23)18(25)16(24)8-11/h4-9H,1-3H3. The summed E-state index contributed by atoms with van der Waals surface area (Å²) in [5, 5.41) is -1.43. The molecule has 0 fully saturated rings. The third kappa shape index (κ3) is 6.45. The molecule has 0 saturated heterocycles. The van der Waals surface area contributed by atoms with Crippen LogP contribution in [0.4, 0.5) is 17.6 Å². The molecule has 0 aliphatic rings. The largest absolute Gasteiger partial charge is 0.456 e. The van der Waals surface area contributed by atoms with Crippen LogP contribution in [0.2, 0.25) is 15.1 Å². The topological polar surface area (TPSA) is 43.4 Å². The maximum atomic E-state index is 13.6.